The molecule has 0 saturated carbocycles. The van der Waals surface area contributed by atoms with E-state index in [1.165, 1.54) is 12.1 Å². The number of nitrogens with zero attached hydrogens (tertiary/aromatic N) is 1. The molecule has 10 heteroatoms. The number of aliphatic imine (C=N–C) groups is 1. The number of guanidine groups is 1. The Morgan fingerprint density at radius 1 is 1.19 bits per heavy atom. The van der Waals surface area contributed by atoms with Crippen molar-refractivity contribution in [2.45, 2.75) is 39.2 Å². The van der Waals surface area contributed by atoms with Crippen molar-refractivity contribution in [3.05, 3.63) is 24.3 Å². The minimum Gasteiger partial charge on any atom is -0.444 e. The lowest BCUT2D eigenvalue weighted by atomic mass is 10.2. The number of nitrogens with two attached hydrogens (primary N) is 1. The Labute approximate surface area is 149 Å². The molecule has 1 aromatic carbocycles. The van der Waals surface area contributed by atoms with E-state index in [4.69, 9.17) is 10.5 Å². The van der Waals surface area contributed by atoms with Gasteiger partial charge in [0.2, 0.25) is 0 Å². The van der Waals surface area contributed by atoms with Gasteiger partial charge in [-0.1, -0.05) is 0 Å². The summed E-state index contributed by atoms with van der Waals surface area (Å²) in [4.78, 5) is 15.5. The Morgan fingerprint density at radius 2 is 1.81 bits per heavy atom. The Balaban J connectivity index is 2.32. The number of alkyl halides is 3. The fourth-order valence-electron chi connectivity index (χ4n) is 1.71. The number of ether oxygens (including phenoxy) is 2. The molecule has 0 saturated heterocycles. The van der Waals surface area contributed by atoms with Gasteiger partial charge in [-0.05, 0) is 51.5 Å². The van der Waals surface area contributed by atoms with Crippen molar-refractivity contribution in [3.63, 3.8) is 0 Å². The summed E-state index contributed by atoms with van der Waals surface area (Å²) >= 11 is 0. The van der Waals surface area contributed by atoms with Crippen LogP contribution in [0.5, 0.6) is 5.75 Å². The molecule has 146 valence electrons. The molecule has 1 rings (SSSR count). The quantitative estimate of drug-likeness (QED) is 0.402. The molecular formula is C16H23F3N4O3. The van der Waals surface area contributed by atoms with Crippen LogP contribution in [0, 0.1) is 0 Å². The first kappa shape index (κ1) is 21.4. The molecule has 0 atom stereocenters. The minimum atomic E-state index is -4.73. The van der Waals surface area contributed by atoms with Crippen LogP contribution in [0.15, 0.2) is 29.3 Å². The molecule has 0 fully saturated rings. The van der Waals surface area contributed by atoms with Gasteiger partial charge in [0.05, 0.1) is 0 Å². The highest BCUT2D eigenvalue weighted by molar-refractivity contribution is 5.92. The number of nitrogens with one attached hydrogen (secondary N) is 2. The Kier molecular flexibility index (Phi) is 7.54. The number of carbonyl (C=O) groups is 1. The van der Waals surface area contributed by atoms with E-state index in [0.29, 0.717) is 25.2 Å². The van der Waals surface area contributed by atoms with Gasteiger partial charge in [-0.3, -0.25) is 4.99 Å². The molecule has 0 aliphatic heterocycles. The molecule has 0 aliphatic rings. The van der Waals surface area contributed by atoms with Gasteiger partial charge in [-0.15, -0.1) is 13.2 Å². The first-order valence-electron chi connectivity index (χ1n) is 7.84. The van der Waals surface area contributed by atoms with E-state index in [0.717, 1.165) is 12.1 Å². The topological polar surface area (TPSA) is 98.0 Å². The smallest absolute Gasteiger partial charge is 0.444 e. The Bertz CT molecular complexity index is 611. The fraction of sp³-hybridized carbons (Fsp3) is 0.500. The largest absolute Gasteiger partial charge is 0.573 e. The van der Waals surface area contributed by atoms with Crippen molar-refractivity contribution in [1.29, 1.82) is 0 Å². The molecule has 1 aromatic rings. The molecule has 0 unspecified atom stereocenters. The lowest BCUT2D eigenvalue weighted by Crippen LogP contribution is -2.33. The van der Waals surface area contributed by atoms with E-state index in [9.17, 15) is 18.0 Å². The number of amides is 1. The van der Waals surface area contributed by atoms with Gasteiger partial charge in [-0.25, -0.2) is 4.79 Å². The number of halogens is 3. The maximum atomic E-state index is 12.1. The van der Waals surface area contributed by atoms with E-state index in [-0.39, 0.29) is 11.7 Å². The molecule has 0 radical (unpaired) electrons. The predicted molar refractivity (Wildman–Crippen MR) is 92.1 cm³/mol. The molecule has 0 aromatic heterocycles. The van der Waals surface area contributed by atoms with Crippen LogP contribution in [-0.2, 0) is 4.74 Å². The van der Waals surface area contributed by atoms with Crippen LogP contribution >= 0.6 is 0 Å². The van der Waals surface area contributed by atoms with Crippen LogP contribution in [0.1, 0.15) is 27.2 Å². The molecule has 7 nitrogen and oxygen atoms in total. The third-order valence-electron chi connectivity index (χ3n) is 2.65. The van der Waals surface area contributed by atoms with Crippen molar-refractivity contribution in [2.75, 3.05) is 18.4 Å². The van der Waals surface area contributed by atoms with Crippen molar-refractivity contribution in [1.82, 2.24) is 5.32 Å². The predicted octanol–water partition coefficient (Wildman–Crippen LogP) is 3.23. The molecule has 0 bridgehead atoms. The average Bonchev–Trinajstić information content (AvgIpc) is 2.45. The van der Waals surface area contributed by atoms with Gasteiger partial charge in [0, 0.05) is 18.8 Å². The second-order valence-electron chi connectivity index (χ2n) is 6.25. The molecular weight excluding hydrogens is 353 g/mol. The first-order chi connectivity index (χ1) is 11.9. The highest BCUT2D eigenvalue weighted by Crippen LogP contribution is 2.23. The molecule has 26 heavy (non-hydrogen) atoms. The van der Waals surface area contributed by atoms with E-state index < -0.39 is 18.1 Å². The number of hydrogen-bond donors (Lipinski definition) is 3. The standard InChI is InChI=1S/C16H23F3N4O3/c1-15(2,3)26-14(24)22-10-4-9-21-13(20)23-11-5-7-12(8-6-11)25-16(17,18)19/h5-8H,4,9-10H2,1-3H3,(H,22,24)(H3,20,21,23). The second kappa shape index (κ2) is 9.16. The summed E-state index contributed by atoms with van der Waals surface area (Å²) in [5.74, 6) is -0.224. The zero-order valence-electron chi connectivity index (χ0n) is 14.8. The SMILES string of the molecule is CC(C)(C)OC(=O)NCCCN=C(N)Nc1ccc(OC(F)(F)F)cc1. The monoisotopic (exact) mass is 376 g/mol. The van der Waals surface area contributed by atoms with Crippen LogP contribution in [0.4, 0.5) is 23.7 Å². The fourth-order valence-corrected chi connectivity index (χ4v) is 1.71. The number of benzene rings is 1. The summed E-state index contributed by atoms with van der Waals surface area (Å²) in [5.41, 5.74) is 5.59. The molecule has 0 spiro atoms. The average molecular weight is 376 g/mol. The van der Waals surface area contributed by atoms with Crippen molar-refractivity contribution in [2.24, 2.45) is 10.7 Å². The van der Waals surface area contributed by atoms with Gasteiger partial charge in [0.1, 0.15) is 11.4 Å². The zero-order chi connectivity index (χ0) is 19.8. The molecule has 4 N–H and O–H groups in total. The molecule has 0 heterocycles. The highest BCUT2D eigenvalue weighted by atomic mass is 19.4. The Hall–Kier alpha value is -2.65. The number of carbonyl (C=O) groups excluding carboxylic acids is 1. The van der Waals surface area contributed by atoms with Crippen LogP contribution < -0.4 is 21.1 Å². The summed E-state index contributed by atoms with van der Waals surface area (Å²) in [6.07, 6.45) is -4.70. The van der Waals surface area contributed by atoms with Crippen molar-refractivity contribution in [3.8, 4) is 5.75 Å². The highest BCUT2D eigenvalue weighted by Gasteiger charge is 2.30. The van der Waals surface area contributed by atoms with Gasteiger partial charge in [-0.2, -0.15) is 0 Å². The molecule has 1 amide bonds. The van der Waals surface area contributed by atoms with Crippen LogP contribution in [0.25, 0.3) is 0 Å². The van der Waals surface area contributed by atoms with Crippen LogP contribution in [-0.4, -0.2) is 37.1 Å². The number of hydrogen-bond acceptors (Lipinski definition) is 4. The first-order valence-corrected chi connectivity index (χ1v) is 7.84. The normalized spacial score (nSPS) is 12.5. The van der Waals surface area contributed by atoms with Crippen LogP contribution in [0.3, 0.4) is 0 Å². The lowest BCUT2D eigenvalue weighted by molar-refractivity contribution is -0.274. The van der Waals surface area contributed by atoms with Gasteiger partial charge < -0.3 is 25.8 Å². The third-order valence-corrected chi connectivity index (χ3v) is 2.65. The van der Waals surface area contributed by atoms with Gasteiger partial charge >= 0.3 is 12.5 Å². The maximum absolute atomic E-state index is 12.1. The summed E-state index contributed by atoms with van der Waals surface area (Å²) < 4.78 is 45.1. The van der Waals surface area contributed by atoms with Crippen molar-refractivity contribution < 1.29 is 27.4 Å². The Morgan fingerprint density at radius 3 is 2.35 bits per heavy atom. The summed E-state index contributed by atoms with van der Waals surface area (Å²) in [6, 6.07) is 5.09. The summed E-state index contributed by atoms with van der Waals surface area (Å²) in [6.45, 7) is 6.03. The van der Waals surface area contributed by atoms with Gasteiger partial charge in [0.15, 0.2) is 5.96 Å². The van der Waals surface area contributed by atoms with Gasteiger partial charge in [0.25, 0.3) is 0 Å². The minimum absolute atomic E-state index is 0.103. The van der Waals surface area contributed by atoms with E-state index in [1.807, 2.05) is 0 Å². The van der Waals surface area contributed by atoms with E-state index in [2.05, 4.69) is 20.4 Å². The van der Waals surface area contributed by atoms with Crippen LogP contribution in [0.2, 0.25) is 0 Å². The van der Waals surface area contributed by atoms with Crippen molar-refractivity contribution >= 4 is 17.7 Å². The zero-order valence-corrected chi connectivity index (χ0v) is 14.8. The number of anilines is 1. The van der Waals surface area contributed by atoms with E-state index in [1.54, 1.807) is 20.8 Å². The maximum Gasteiger partial charge on any atom is 0.573 e. The summed E-state index contributed by atoms with van der Waals surface area (Å²) in [5, 5.41) is 5.33. The van der Waals surface area contributed by atoms with E-state index >= 15 is 0 Å². The lowest BCUT2D eigenvalue weighted by Gasteiger charge is -2.19. The summed E-state index contributed by atoms with van der Waals surface area (Å²) in [7, 11) is 0. The third kappa shape index (κ3) is 10.3. The molecule has 0 aliphatic carbocycles. The second-order valence-corrected chi connectivity index (χ2v) is 6.25. The number of rotatable bonds is 6. The number of alkyl carbamates (subject to hydrolysis) is 1.